The maximum atomic E-state index is 5.97. The number of fused-ring (bicyclic) bond motifs is 5. The van der Waals surface area contributed by atoms with E-state index < -0.39 is 0 Å². The van der Waals surface area contributed by atoms with Crippen LogP contribution in [0, 0.1) is 6.92 Å². The minimum absolute atomic E-state index is 0.505. The molecule has 0 spiro atoms. The second kappa shape index (κ2) is 5.63. The molecule has 6 rings (SSSR count). The van der Waals surface area contributed by atoms with Crippen LogP contribution in [0.25, 0.3) is 44.2 Å². The Balaban J connectivity index is 1.65. The van der Waals surface area contributed by atoms with Crippen molar-refractivity contribution in [1.29, 1.82) is 0 Å². The molecule has 0 fully saturated rings. The van der Waals surface area contributed by atoms with Gasteiger partial charge in [0.15, 0.2) is 11.2 Å². The van der Waals surface area contributed by atoms with E-state index in [4.69, 9.17) is 14.4 Å². The Hall–Kier alpha value is -3.73. The molecule has 3 aromatic carbocycles. The third-order valence-corrected chi connectivity index (χ3v) is 5.14. The summed E-state index contributed by atoms with van der Waals surface area (Å²) in [6.45, 7) is 2.60. The molecule has 3 heterocycles. The first-order valence-electron chi connectivity index (χ1n) is 9.26. The predicted molar refractivity (Wildman–Crippen MR) is 110 cm³/mol. The molecular formula is C23H16N4O. The Bertz CT molecular complexity index is 1480. The monoisotopic (exact) mass is 364 g/mol. The minimum Gasteiger partial charge on any atom is -0.439 e. The van der Waals surface area contributed by atoms with Crippen LogP contribution in [0.4, 0.5) is 0 Å². The van der Waals surface area contributed by atoms with Crippen LogP contribution in [0.1, 0.15) is 11.5 Å². The van der Waals surface area contributed by atoms with Crippen molar-refractivity contribution in [2.75, 3.05) is 0 Å². The molecule has 0 aliphatic carbocycles. The third-order valence-electron chi connectivity index (χ3n) is 5.14. The lowest BCUT2D eigenvalue weighted by molar-refractivity contribution is 0.516. The zero-order chi connectivity index (χ0) is 18.7. The number of aromatic nitrogens is 4. The molecule has 5 nitrogen and oxygen atoms in total. The predicted octanol–water partition coefficient (Wildman–Crippen LogP) is 5.24. The number of hydrogen-bond acceptors (Lipinski definition) is 4. The molecule has 5 heteroatoms. The molecule has 0 atom stereocenters. The van der Waals surface area contributed by atoms with Gasteiger partial charge in [-0.15, -0.1) is 0 Å². The summed E-state index contributed by atoms with van der Waals surface area (Å²) in [6.07, 6.45) is 0. The fourth-order valence-electron chi connectivity index (χ4n) is 3.83. The largest absolute Gasteiger partial charge is 0.439 e. The first-order valence-corrected chi connectivity index (χ1v) is 9.26. The van der Waals surface area contributed by atoms with Crippen molar-refractivity contribution in [2.24, 2.45) is 0 Å². The summed E-state index contributed by atoms with van der Waals surface area (Å²) >= 11 is 0. The van der Waals surface area contributed by atoms with Crippen LogP contribution in [0.15, 0.2) is 71.1 Å². The van der Waals surface area contributed by atoms with Crippen molar-refractivity contribution in [3.63, 3.8) is 0 Å². The van der Waals surface area contributed by atoms with Crippen LogP contribution in [0.3, 0.4) is 0 Å². The van der Waals surface area contributed by atoms with E-state index in [0.717, 1.165) is 44.2 Å². The van der Waals surface area contributed by atoms with Gasteiger partial charge < -0.3 is 8.98 Å². The molecule has 0 saturated heterocycles. The van der Waals surface area contributed by atoms with Gasteiger partial charge in [0.05, 0.1) is 16.6 Å². The Kier molecular flexibility index (Phi) is 3.09. The third kappa shape index (κ3) is 2.23. The molecule has 3 aromatic heterocycles. The van der Waals surface area contributed by atoms with Gasteiger partial charge in [-0.05, 0) is 43.3 Å². The highest BCUT2D eigenvalue weighted by Crippen LogP contribution is 2.30. The van der Waals surface area contributed by atoms with Gasteiger partial charge in [-0.25, -0.2) is 15.0 Å². The van der Waals surface area contributed by atoms with Crippen LogP contribution < -0.4 is 0 Å². The van der Waals surface area contributed by atoms with Crippen LogP contribution in [0.2, 0.25) is 0 Å². The first-order chi connectivity index (χ1) is 13.8. The Morgan fingerprint density at radius 2 is 1.57 bits per heavy atom. The van der Waals surface area contributed by atoms with Crippen LogP contribution in [0.5, 0.6) is 0 Å². The molecule has 0 bridgehead atoms. The number of hydrogen-bond donors (Lipinski definition) is 0. The number of benzene rings is 3. The summed E-state index contributed by atoms with van der Waals surface area (Å²) in [7, 11) is 0. The number of rotatable bonds is 2. The average Bonchev–Trinajstić information content (AvgIpc) is 3.25. The maximum absolute atomic E-state index is 5.97. The van der Waals surface area contributed by atoms with Gasteiger partial charge in [-0.2, -0.15) is 0 Å². The van der Waals surface area contributed by atoms with Crippen LogP contribution >= 0.6 is 0 Å². The van der Waals surface area contributed by atoms with Gasteiger partial charge in [-0.1, -0.05) is 35.9 Å². The Labute approximate surface area is 160 Å². The minimum atomic E-state index is 0.505. The van der Waals surface area contributed by atoms with Gasteiger partial charge in [-0.3, -0.25) is 0 Å². The fourth-order valence-corrected chi connectivity index (χ4v) is 3.83. The lowest BCUT2D eigenvalue weighted by Crippen LogP contribution is -2.01. The molecular weight excluding hydrogens is 348 g/mol. The quantitative estimate of drug-likeness (QED) is 0.422. The number of oxazole rings is 1. The van der Waals surface area contributed by atoms with Crippen LogP contribution in [-0.4, -0.2) is 19.5 Å². The molecule has 0 saturated carbocycles. The lowest BCUT2D eigenvalue weighted by atomic mass is 10.1. The van der Waals surface area contributed by atoms with E-state index in [1.54, 1.807) is 0 Å². The normalized spacial score (nSPS) is 11.9. The van der Waals surface area contributed by atoms with Crippen molar-refractivity contribution < 1.29 is 4.42 Å². The average molecular weight is 364 g/mol. The van der Waals surface area contributed by atoms with E-state index in [1.807, 2.05) is 48.5 Å². The standard InChI is InChI=1S/C23H16N4O/c1-14-10-11-19-15(12-14)22-23(26-17-7-3-2-6-16(17)25-22)27(19)13-21-24-18-8-4-5-9-20(18)28-21/h2-12H,13H2,1H3. The molecule has 0 aliphatic rings. The van der Waals surface area contributed by atoms with E-state index in [9.17, 15) is 0 Å². The molecule has 6 aromatic rings. The molecule has 0 aliphatic heterocycles. The highest BCUT2D eigenvalue weighted by Gasteiger charge is 2.17. The van der Waals surface area contributed by atoms with Crippen molar-refractivity contribution >= 4 is 44.2 Å². The summed E-state index contributed by atoms with van der Waals surface area (Å²) in [4.78, 5) is 14.5. The van der Waals surface area contributed by atoms with E-state index in [-0.39, 0.29) is 0 Å². The fraction of sp³-hybridized carbons (Fsp3) is 0.0870. The van der Waals surface area contributed by atoms with Crippen molar-refractivity contribution in [3.8, 4) is 0 Å². The second-order valence-corrected chi connectivity index (χ2v) is 7.07. The molecule has 28 heavy (non-hydrogen) atoms. The molecule has 0 N–H and O–H groups in total. The topological polar surface area (TPSA) is 56.7 Å². The van der Waals surface area contributed by atoms with Gasteiger partial charge in [0.1, 0.15) is 17.6 Å². The summed E-state index contributed by atoms with van der Waals surface area (Å²) in [5.74, 6) is 0.663. The van der Waals surface area contributed by atoms with E-state index in [0.29, 0.717) is 12.4 Å². The lowest BCUT2D eigenvalue weighted by Gasteiger charge is -2.04. The first kappa shape index (κ1) is 15.3. The summed E-state index contributed by atoms with van der Waals surface area (Å²) in [6, 6.07) is 22.2. The van der Waals surface area contributed by atoms with Gasteiger partial charge >= 0.3 is 0 Å². The van der Waals surface area contributed by atoms with E-state index >= 15 is 0 Å². The smallest absolute Gasteiger partial charge is 0.215 e. The number of aryl methyl sites for hydroxylation is 1. The van der Waals surface area contributed by atoms with Crippen molar-refractivity contribution in [1.82, 2.24) is 19.5 Å². The SMILES string of the molecule is Cc1ccc2c(c1)c1nc3ccccc3nc1n2Cc1nc2ccccc2o1. The van der Waals surface area contributed by atoms with Gasteiger partial charge in [0, 0.05) is 5.39 Å². The zero-order valence-corrected chi connectivity index (χ0v) is 15.3. The Morgan fingerprint density at radius 1 is 0.821 bits per heavy atom. The molecule has 0 amide bonds. The van der Waals surface area contributed by atoms with Gasteiger partial charge in [0.2, 0.25) is 5.89 Å². The molecule has 0 radical (unpaired) electrons. The summed E-state index contributed by atoms with van der Waals surface area (Å²) in [5, 5.41) is 1.10. The zero-order valence-electron chi connectivity index (χ0n) is 15.3. The maximum Gasteiger partial charge on any atom is 0.215 e. The van der Waals surface area contributed by atoms with Gasteiger partial charge in [0.25, 0.3) is 0 Å². The van der Waals surface area contributed by atoms with Crippen molar-refractivity contribution in [3.05, 3.63) is 78.2 Å². The second-order valence-electron chi connectivity index (χ2n) is 7.07. The highest BCUT2D eigenvalue weighted by molar-refractivity contribution is 6.06. The van der Waals surface area contributed by atoms with Crippen molar-refractivity contribution in [2.45, 2.75) is 13.5 Å². The van der Waals surface area contributed by atoms with Crippen LogP contribution in [-0.2, 0) is 6.54 Å². The van der Waals surface area contributed by atoms with E-state index in [2.05, 4.69) is 34.7 Å². The van der Waals surface area contributed by atoms with E-state index in [1.165, 1.54) is 5.56 Å². The highest BCUT2D eigenvalue weighted by atomic mass is 16.3. The number of nitrogens with zero attached hydrogens (tertiary/aromatic N) is 4. The Morgan fingerprint density at radius 3 is 2.39 bits per heavy atom. The number of para-hydroxylation sites is 4. The summed E-state index contributed by atoms with van der Waals surface area (Å²) < 4.78 is 8.12. The molecule has 134 valence electrons. The summed E-state index contributed by atoms with van der Waals surface area (Å²) in [5.41, 5.74) is 7.48. The molecule has 0 unspecified atom stereocenters.